The van der Waals surface area contributed by atoms with E-state index in [4.69, 9.17) is 9.72 Å². The third kappa shape index (κ3) is 4.32. The number of rotatable bonds is 5. The number of hydrogen-bond acceptors (Lipinski definition) is 5. The van der Waals surface area contributed by atoms with E-state index in [0.717, 1.165) is 66.3 Å². The standard InChI is InChI=1S/C26H26N2O3S/c29-23(27-18-7-2-1-3-8-18)16-31-26(30)24-20-10-4-5-11-22(20)28-25-17(12-13-21(24)25)15-19-9-6-14-32-19/h4-6,9-11,14-15,18H,1-3,7-8,12-13,16H2,(H,27,29). The second-order valence-corrected chi connectivity index (χ2v) is 9.47. The second kappa shape index (κ2) is 9.25. The quantitative estimate of drug-likeness (QED) is 0.534. The lowest BCUT2D eigenvalue weighted by Crippen LogP contribution is -2.38. The Morgan fingerprint density at radius 2 is 1.94 bits per heavy atom. The Kier molecular flexibility index (Phi) is 6.04. The Labute approximate surface area is 191 Å². The van der Waals surface area contributed by atoms with Crippen molar-refractivity contribution in [3.05, 3.63) is 63.5 Å². The van der Waals surface area contributed by atoms with E-state index in [1.807, 2.05) is 30.3 Å². The van der Waals surface area contributed by atoms with Gasteiger partial charge in [-0.15, -0.1) is 11.3 Å². The first-order chi connectivity index (χ1) is 15.7. The minimum Gasteiger partial charge on any atom is -0.452 e. The number of amides is 1. The third-order valence-electron chi connectivity index (χ3n) is 6.31. The molecule has 0 bridgehead atoms. The van der Waals surface area contributed by atoms with Gasteiger partial charge in [-0.3, -0.25) is 4.79 Å². The van der Waals surface area contributed by atoms with Crippen LogP contribution in [0.3, 0.4) is 0 Å². The Hall–Kier alpha value is -2.99. The van der Waals surface area contributed by atoms with Crippen LogP contribution in [0.5, 0.6) is 0 Å². The third-order valence-corrected chi connectivity index (χ3v) is 7.13. The van der Waals surface area contributed by atoms with Crippen LogP contribution in [0.15, 0.2) is 41.8 Å². The predicted octanol–water partition coefficient (Wildman–Crippen LogP) is 5.39. The zero-order valence-corrected chi connectivity index (χ0v) is 18.7. The molecule has 6 heteroatoms. The summed E-state index contributed by atoms with van der Waals surface area (Å²) in [4.78, 5) is 31.6. The smallest absolute Gasteiger partial charge is 0.339 e. The number of fused-ring (bicyclic) bond motifs is 2. The van der Waals surface area contributed by atoms with Gasteiger partial charge in [0.05, 0.1) is 16.8 Å². The summed E-state index contributed by atoms with van der Waals surface area (Å²) < 4.78 is 5.51. The van der Waals surface area contributed by atoms with Gasteiger partial charge in [0.15, 0.2) is 6.61 Å². The molecule has 2 heterocycles. The molecule has 0 unspecified atom stereocenters. The van der Waals surface area contributed by atoms with Crippen LogP contribution in [0.4, 0.5) is 0 Å². The highest BCUT2D eigenvalue weighted by atomic mass is 32.1. The van der Waals surface area contributed by atoms with Crippen LogP contribution in [0.2, 0.25) is 0 Å². The molecule has 0 spiro atoms. The first-order valence-corrected chi connectivity index (χ1v) is 12.2. The summed E-state index contributed by atoms with van der Waals surface area (Å²) in [5.74, 6) is -0.672. The molecule has 0 aliphatic heterocycles. The number of ether oxygens (including phenoxy) is 1. The van der Waals surface area contributed by atoms with E-state index in [9.17, 15) is 9.59 Å². The number of nitrogens with one attached hydrogen (secondary N) is 1. The Morgan fingerprint density at radius 1 is 1.09 bits per heavy atom. The predicted molar refractivity (Wildman–Crippen MR) is 128 cm³/mol. The molecule has 1 aromatic carbocycles. The van der Waals surface area contributed by atoms with Gasteiger partial charge >= 0.3 is 5.97 Å². The normalized spacial score (nSPS) is 17.4. The molecular formula is C26H26N2O3S. The van der Waals surface area contributed by atoms with Crippen LogP contribution in [-0.4, -0.2) is 29.5 Å². The lowest BCUT2D eigenvalue weighted by Gasteiger charge is -2.22. The van der Waals surface area contributed by atoms with Gasteiger partial charge in [-0.05, 0) is 60.4 Å². The molecule has 1 saturated carbocycles. The SMILES string of the molecule is O=C(COC(=O)c1c2c(nc3ccccc13)C(=Cc1cccs1)CC2)NC1CCCCC1. The molecule has 0 saturated heterocycles. The zero-order chi connectivity index (χ0) is 21.9. The fourth-order valence-corrected chi connectivity index (χ4v) is 5.46. The molecule has 1 fully saturated rings. The van der Waals surface area contributed by atoms with E-state index in [1.54, 1.807) is 11.3 Å². The number of esters is 1. The number of nitrogens with zero attached hydrogens (tertiary/aromatic N) is 1. The fraction of sp³-hybridized carbons (Fsp3) is 0.346. The molecule has 32 heavy (non-hydrogen) atoms. The molecule has 1 amide bonds. The minimum atomic E-state index is -0.448. The van der Waals surface area contributed by atoms with E-state index in [0.29, 0.717) is 5.56 Å². The maximum atomic E-state index is 13.2. The van der Waals surface area contributed by atoms with E-state index < -0.39 is 5.97 Å². The van der Waals surface area contributed by atoms with Crippen LogP contribution in [0, 0.1) is 0 Å². The van der Waals surface area contributed by atoms with Crippen LogP contribution in [-0.2, 0) is 16.0 Å². The summed E-state index contributed by atoms with van der Waals surface area (Å²) in [6.07, 6.45) is 9.24. The van der Waals surface area contributed by atoms with Crippen molar-refractivity contribution in [3.63, 3.8) is 0 Å². The summed E-state index contributed by atoms with van der Waals surface area (Å²) in [6.45, 7) is -0.251. The molecule has 2 aromatic heterocycles. The lowest BCUT2D eigenvalue weighted by atomic mass is 9.95. The number of hydrogen-bond donors (Lipinski definition) is 1. The van der Waals surface area contributed by atoms with Crippen molar-refractivity contribution in [3.8, 4) is 0 Å². The van der Waals surface area contributed by atoms with Crippen molar-refractivity contribution in [2.75, 3.05) is 6.61 Å². The molecule has 1 N–H and O–H groups in total. The number of pyridine rings is 1. The number of allylic oxidation sites excluding steroid dienone is 1. The molecule has 2 aliphatic rings. The number of para-hydroxylation sites is 1. The molecule has 5 nitrogen and oxygen atoms in total. The Morgan fingerprint density at radius 3 is 2.75 bits per heavy atom. The van der Waals surface area contributed by atoms with Gasteiger partial charge in [-0.1, -0.05) is 43.5 Å². The highest BCUT2D eigenvalue weighted by molar-refractivity contribution is 7.10. The summed E-state index contributed by atoms with van der Waals surface area (Å²) in [5.41, 5.74) is 4.24. The zero-order valence-electron chi connectivity index (χ0n) is 17.9. The maximum Gasteiger partial charge on any atom is 0.339 e. The average Bonchev–Trinajstić information content (AvgIpc) is 3.47. The molecule has 3 aromatic rings. The summed E-state index contributed by atoms with van der Waals surface area (Å²) in [6, 6.07) is 12.0. The van der Waals surface area contributed by atoms with Gasteiger partial charge in [0, 0.05) is 16.3 Å². The molecule has 0 radical (unpaired) electrons. The summed E-state index contributed by atoms with van der Waals surface area (Å²) in [7, 11) is 0. The van der Waals surface area contributed by atoms with E-state index >= 15 is 0 Å². The Bertz CT molecular complexity index is 1180. The van der Waals surface area contributed by atoms with Gasteiger partial charge in [-0.25, -0.2) is 9.78 Å². The van der Waals surface area contributed by atoms with Crippen molar-refractivity contribution < 1.29 is 14.3 Å². The maximum absolute atomic E-state index is 13.2. The Balaban J connectivity index is 1.40. The second-order valence-electron chi connectivity index (χ2n) is 8.49. The molecular weight excluding hydrogens is 420 g/mol. The van der Waals surface area contributed by atoms with Crippen molar-refractivity contribution >= 4 is 45.8 Å². The van der Waals surface area contributed by atoms with Gasteiger partial charge < -0.3 is 10.1 Å². The van der Waals surface area contributed by atoms with Crippen molar-refractivity contribution in [1.29, 1.82) is 0 Å². The first-order valence-electron chi connectivity index (χ1n) is 11.3. The molecule has 2 aliphatic carbocycles. The number of carbonyl (C=O) groups excluding carboxylic acids is 2. The first kappa shape index (κ1) is 20.9. The van der Waals surface area contributed by atoms with Crippen molar-refractivity contribution in [1.82, 2.24) is 10.3 Å². The van der Waals surface area contributed by atoms with Crippen LogP contribution in [0.25, 0.3) is 22.6 Å². The highest BCUT2D eigenvalue weighted by Gasteiger charge is 2.28. The van der Waals surface area contributed by atoms with Crippen LogP contribution >= 0.6 is 11.3 Å². The molecule has 5 rings (SSSR count). The van der Waals surface area contributed by atoms with Gasteiger partial charge in [-0.2, -0.15) is 0 Å². The topological polar surface area (TPSA) is 68.3 Å². The highest BCUT2D eigenvalue weighted by Crippen LogP contribution is 2.38. The lowest BCUT2D eigenvalue weighted by molar-refractivity contribution is -0.125. The van der Waals surface area contributed by atoms with Crippen molar-refractivity contribution in [2.24, 2.45) is 0 Å². The summed E-state index contributed by atoms with van der Waals surface area (Å²) >= 11 is 1.68. The van der Waals surface area contributed by atoms with Crippen LogP contribution in [0.1, 0.15) is 65.0 Å². The number of aromatic nitrogens is 1. The monoisotopic (exact) mass is 446 g/mol. The van der Waals surface area contributed by atoms with Gasteiger partial charge in [0.1, 0.15) is 0 Å². The minimum absolute atomic E-state index is 0.200. The van der Waals surface area contributed by atoms with E-state index in [-0.39, 0.29) is 18.6 Å². The van der Waals surface area contributed by atoms with Gasteiger partial charge in [0.2, 0.25) is 0 Å². The van der Waals surface area contributed by atoms with E-state index in [1.165, 1.54) is 11.3 Å². The fourth-order valence-electron chi connectivity index (χ4n) is 4.78. The van der Waals surface area contributed by atoms with E-state index in [2.05, 4.69) is 22.8 Å². The van der Waals surface area contributed by atoms with Crippen molar-refractivity contribution in [2.45, 2.75) is 51.0 Å². The average molecular weight is 447 g/mol. The van der Waals surface area contributed by atoms with Crippen LogP contribution < -0.4 is 5.32 Å². The summed E-state index contributed by atoms with van der Waals surface area (Å²) in [5, 5.41) is 5.84. The number of thiophene rings is 1. The number of carbonyl (C=O) groups is 2. The largest absolute Gasteiger partial charge is 0.452 e. The van der Waals surface area contributed by atoms with Gasteiger partial charge in [0.25, 0.3) is 5.91 Å². The molecule has 0 atom stereocenters. The number of benzene rings is 1. The molecule has 164 valence electrons.